The molecule has 4 heteroatoms. The highest BCUT2D eigenvalue weighted by Gasteiger charge is 2.28. The Morgan fingerprint density at radius 3 is 2.58 bits per heavy atom. The van der Waals surface area contributed by atoms with E-state index in [0.717, 1.165) is 28.7 Å². The molecule has 1 aliphatic rings. The van der Waals surface area contributed by atoms with Crippen LogP contribution >= 0.6 is 23.2 Å². The van der Waals surface area contributed by atoms with Gasteiger partial charge in [0.25, 0.3) is 0 Å². The fraction of sp³-hybridized carbons (Fsp3) is 0.150. The highest BCUT2D eigenvalue weighted by molar-refractivity contribution is 6.41. The van der Waals surface area contributed by atoms with E-state index in [0.29, 0.717) is 17.0 Å². The van der Waals surface area contributed by atoms with Crippen molar-refractivity contribution in [3.8, 4) is 0 Å². The van der Waals surface area contributed by atoms with Gasteiger partial charge in [0, 0.05) is 23.0 Å². The largest absolute Gasteiger partial charge is 0.292 e. The summed E-state index contributed by atoms with van der Waals surface area (Å²) >= 11 is 12.4. The summed E-state index contributed by atoms with van der Waals surface area (Å²) in [5.74, 6) is -0.132. The van der Waals surface area contributed by atoms with Gasteiger partial charge >= 0.3 is 0 Å². The zero-order valence-electron chi connectivity index (χ0n) is 13.0. The summed E-state index contributed by atoms with van der Waals surface area (Å²) in [5.41, 5.74) is 4.25. The quantitative estimate of drug-likeness (QED) is 0.715. The SMILES string of the molecule is [CH2]C1=C(CCc2cccc(Cl)c2)C=C(c2ccncc2)C(Cl)C1=O. The van der Waals surface area contributed by atoms with Gasteiger partial charge in [-0.3, -0.25) is 9.78 Å². The molecule has 0 saturated carbocycles. The van der Waals surface area contributed by atoms with E-state index in [1.807, 2.05) is 42.5 Å². The summed E-state index contributed by atoms with van der Waals surface area (Å²) in [4.78, 5) is 16.5. The zero-order chi connectivity index (χ0) is 17.1. The van der Waals surface area contributed by atoms with Gasteiger partial charge in [-0.1, -0.05) is 29.8 Å². The minimum Gasteiger partial charge on any atom is -0.292 e. The molecule has 0 fully saturated rings. The Labute approximate surface area is 151 Å². The third kappa shape index (κ3) is 3.61. The fourth-order valence-corrected chi connectivity index (χ4v) is 3.30. The van der Waals surface area contributed by atoms with Crippen molar-refractivity contribution < 1.29 is 4.79 Å². The molecule has 1 aromatic carbocycles. The van der Waals surface area contributed by atoms with Crippen LogP contribution in [0.2, 0.25) is 5.02 Å². The average molecular weight is 357 g/mol. The molecule has 0 N–H and O–H groups in total. The maximum absolute atomic E-state index is 12.5. The Morgan fingerprint density at radius 1 is 1.12 bits per heavy atom. The molecule has 1 aliphatic carbocycles. The van der Waals surface area contributed by atoms with Crippen molar-refractivity contribution in [2.75, 3.05) is 0 Å². The number of pyridine rings is 1. The number of alkyl halides is 1. The van der Waals surface area contributed by atoms with Crippen LogP contribution in [0.4, 0.5) is 0 Å². The molecular weight excluding hydrogens is 341 g/mol. The third-order valence-electron chi connectivity index (χ3n) is 4.10. The van der Waals surface area contributed by atoms with E-state index in [1.54, 1.807) is 12.4 Å². The van der Waals surface area contributed by atoms with E-state index in [4.69, 9.17) is 23.2 Å². The van der Waals surface area contributed by atoms with Crippen LogP contribution in [0.25, 0.3) is 5.57 Å². The van der Waals surface area contributed by atoms with Crippen LogP contribution in [0.3, 0.4) is 0 Å². The van der Waals surface area contributed by atoms with Crippen LogP contribution in [0.1, 0.15) is 17.5 Å². The number of benzene rings is 1. The van der Waals surface area contributed by atoms with E-state index >= 15 is 0 Å². The van der Waals surface area contributed by atoms with Crippen molar-refractivity contribution in [1.29, 1.82) is 0 Å². The first-order chi connectivity index (χ1) is 11.6. The molecule has 2 nitrogen and oxygen atoms in total. The van der Waals surface area contributed by atoms with Crippen LogP contribution in [-0.4, -0.2) is 16.1 Å². The lowest BCUT2D eigenvalue weighted by molar-refractivity contribution is -0.114. The monoisotopic (exact) mass is 356 g/mol. The highest BCUT2D eigenvalue weighted by Crippen LogP contribution is 2.33. The first-order valence-corrected chi connectivity index (χ1v) is 8.47. The Balaban J connectivity index is 1.88. The molecule has 24 heavy (non-hydrogen) atoms. The summed E-state index contributed by atoms with van der Waals surface area (Å²) in [6, 6.07) is 11.5. The van der Waals surface area contributed by atoms with Crippen molar-refractivity contribution >= 4 is 34.6 Å². The summed E-state index contributed by atoms with van der Waals surface area (Å²) in [7, 11) is 0. The van der Waals surface area contributed by atoms with Crippen molar-refractivity contribution in [2.45, 2.75) is 18.2 Å². The second kappa shape index (κ2) is 7.33. The number of allylic oxidation sites excluding steroid dienone is 4. The number of ketones is 1. The lowest BCUT2D eigenvalue weighted by atomic mass is 9.86. The van der Waals surface area contributed by atoms with E-state index in [1.165, 1.54) is 0 Å². The molecule has 0 bridgehead atoms. The minimum absolute atomic E-state index is 0.132. The van der Waals surface area contributed by atoms with Crippen LogP contribution in [-0.2, 0) is 11.2 Å². The topological polar surface area (TPSA) is 30.0 Å². The molecule has 0 spiro atoms. The van der Waals surface area contributed by atoms with Gasteiger partial charge in [-0.25, -0.2) is 0 Å². The van der Waals surface area contributed by atoms with Gasteiger partial charge < -0.3 is 0 Å². The van der Waals surface area contributed by atoms with E-state index in [-0.39, 0.29) is 5.78 Å². The number of aryl methyl sites for hydroxylation is 1. The van der Waals surface area contributed by atoms with Gasteiger partial charge in [-0.05, 0) is 66.3 Å². The molecule has 121 valence electrons. The van der Waals surface area contributed by atoms with E-state index < -0.39 is 5.38 Å². The smallest absolute Gasteiger partial charge is 0.181 e. The molecule has 0 aliphatic heterocycles. The Hall–Kier alpha value is -1.90. The number of aromatic nitrogens is 1. The van der Waals surface area contributed by atoms with Crippen LogP contribution in [0, 0.1) is 6.92 Å². The van der Waals surface area contributed by atoms with Gasteiger partial charge in [-0.15, -0.1) is 11.6 Å². The van der Waals surface area contributed by atoms with Crippen molar-refractivity contribution in [2.24, 2.45) is 0 Å². The number of Topliss-reactive ketones (excluding diaryl/α,β-unsaturated/α-hetero) is 1. The highest BCUT2D eigenvalue weighted by atomic mass is 35.5. The average Bonchev–Trinajstić information content (AvgIpc) is 2.60. The second-order valence-electron chi connectivity index (χ2n) is 5.70. The van der Waals surface area contributed by atoms with Crippen molar-refractivity contribution in [1.82, 2.24) is 4.98 Å². The van der Waals surface area contributed by atoms with Crippen LogP contribution < -0.4 is 0 Å². The molecule has 1 unspecified atom stereocenters. The van der Waals surface area contributed by atoms with Crippen molar-refractivity contribution in [3.63, 3.8) is 0 Å². The Kier molecular flexibility index (Phi) is 5.17. The first kappa shape index (κ1) is 16.9. The molecule has 1 atom stereocenters. The van der Waals surface area contributed by atoms with Crippen LogP contribution in [0.15, 0.2) is 66.0 Å². The third-order valence-corrected chi connectivity index (χ3v) is 4.77. The number of halogens is 2. The molecule has 1 aromatic heterocycles. The maximum atomic E-state index is 12.5. The van der Waals surface area contributed by atoms with Gasteiger partial charge in [0.15, 0.2) is 5.78 Å². The molecule has 2 aromatic rings. The summed E-state index contributed by atoms with van der Waals surface area (Å²) in [5, 5.41) is 0.0136. The van der Waals surface area contributed by atoms with Gasteiger partial charge in [0.05, 0.1) is 0 Å². The zero-order valence-corrected chi connectivity index (χ0v) is 14.5. The molecular formula is C20H16Cl2NO. The summed E-state index contributed by atoms with van der Waals surface area (Å²) < 4.78 is 0. The number of nitrogens with zero attached hydrogens (tertiary/aromatic N) is 1. The summed E-state index contributed by atoms with van der Waals surface area (Å²) in [6.45, 7) is 3.93. The Morgan fingerprint density at radius 2 is 1.88 bits per heavy atom. The van der Waals surface area contributed by atoms with E-state index in [2.05, 4.69) is 11.9 Å². The van der Waals surface area contributed by atoms with Gasteiger partial charge in [0.1, 0.15) is 5.38 Å². The lowest BCUT2D eigenvalue weighted by Crippen LogP contribution is -2.22. The molecule has 1 heterocycles. The van der Waals surface area contributed by atoms with E-state index in [9.17, 15) is 4.79 Å². The molecule has 1 radical (unpaired) electrons. The fourth-order valence-electron chi connectivity index (χ4n) is 2.77. The number of hydrogen-bond acceptors (Lipinski definition) is 2. The van der Waals surface area contributed by atoms with Crippen LogP contribution in [0.5, 0.6) is 0 Å². The van der Waals surface area contributed by atoms with Gasteiger partial charge in [-0.2, -0.15) is 0 Å². The number of hydrogen-bond donors (Lipinski definition) is 0. The normalized spacial score (nSPS) is 17.9. The van der Waals surface area contributed by atoms with Crippen molar-refractivity contribution in [3.05, 3.63) is 89.1 Å². The maximum Gasteiger partial charge on any atom is 0.181 e. The minimum atomic E-state index is -0.699. The second-order valence-corrected chi connectivity index (χ2v) is 6.57. The number of carbonyl (C=O) groups excluding carboxylic acids is 1. The molecule has 0 amide bonds. The van der Waals surface area contributed by atoms with Gasteiger partial charge in [0.2, 0.25) is 0 Å². The lowest BCUT2D eigenvalue weighted by Gasteiger charge is -2.22. The number of carbonyl (C=O) groups is 1. The Bertz CT molecular complexity index is 825. The predicted molar refractivity (Wildman–Crippen MR) is 99.0 cm³/mol. The summed E-state index contributed by atoms with van der Waals surface area (Å²) in [6.07, 6.45) is 6.87. The molecule has 3 rings (SSSR count). The standard InChI is InChI=1S/C20H16Cl2NO/c1-13-16(6-5-14-3-2-4-17(21)11-14)12-18(19(22)20(13)24)15-7-9-23-10-8-15/h2-4,7-12,19H,1,5-6H2. The molecule has 0 saturated heterocycles. The number of rotatable bonds is 4. The predicted octanol–water partition coefficient (Wildman–Crippen LogP) is 5.07. The first-order valence-electron chi connectivity index (χ1n) is 7.66.